The average molecular weight is 238 g/mol. The second-order valence-electron chi connectivity index (χ2n) is 3.59. The van der Waals surface area contributed by atoms with E-state index in [2.05, 4.69) is 4.72 Å². The van der Waals surface area contributed by atoms with Gasteiger partial charge in [0.15, 0.2) is 0 Å². The van der Waals surface area contributed by atoms with Crippen LogP contribution in [0.1, 0.15) is 33.1 Å². The third kappa shape index (κ3) is 6.09. The number of rotatable bonds is 8. The lowest BCUT2D eigenvalue weighted by Gasteiger charge is -2.18. The fraction of sp³-hybridized carbons (Fsp3) is 1.00. The normalized spacial score (nSPS) is 14.5. The first-order chi connectivity index (χ1) is 6.94. The van der Waals surface area contributed by atoms with Crippen molar-refractivity contribution in [2.75, 3.05) is 20.1 Å². The molecule has 0 aliphatic heterocycles. The Labute approximate surface area is 92.7 Å². The molecule has 0 aromatic heterocycles. The third-order valence-corrected chi connectivity index (χ3v) is 3.74. The summed E-state index contributed by atoms with van der Waals surface area (Å²) in [6, 6.07) is 0. The van der Waals surface area contributed by atoms with Gasteiger partial charge in [0.2, 0.25) is 0 Å². The number of hydrogen-bond acceptors (Lipinski definition) is 3. The lowest BCUT2D eigenvalue weighted by atomic mass is 10.3. The van der Waals surface area contributed by atoms with Gasteiger partial charge in [0.05, 0.1) is 6.10 Å². The highest BCUT2D eigenvalue weighted by Crippen LogP contribution is 1.98. The highest BCUT2D eigenvalue weighted by Gasteiger charge is 2.17. The molecule has 6 heteroatoms. The van der Waals surface area contributed by atoms with Gasteiger partial charge in [-0.2, -0.15) is 17.4 Å². The first-order valence-corrected chi connectivity index (χ1v) is 6.77. The van der Waals surface area contributed by atoms with Gasteiger partial charge in [0.1, 0.15) is 0 Å². The van der Waals surface area contributed by atoms with E-state index >= 15 is 0 Å². The number of nitrogens with one attached hydrogen (secondary N) is 1. The van der Waals surface area contributed by atoms with Crippen molar-refractivity contribution in [1.82, 2.24) is 9.03 Å². The van der Waals surface area contributed by atoms with Gasteiger partial charge in [-0.1, -0.05) is 20.3 Å². The van der Waals surface area contributed by atoms with Crippen molar-refractivity contribution in [1.29, 1.82) is 0 Å². The van der Waals surface area contributed by atoms with Crippen LogP contribution in [-0.2, 0) is 10.2 Å². The Kier molecular flexibility index (Phi) is 7.08. The largest absolute Gasteiger partial charge is 0.392 e. The van der Waals surface area contributed by atoms with E-state index in [0.29, 0.717) is 13.0 Å². The molecule has 0 rings (SSSR count). The monoisotopic (exact) mass is 238 g/mol. The van der Waals surface area contributed by atoms with E-state index in [1.54, 1.807) is 6.92 Å². The standard InChI is InChI=1S/C9H22N2O3S/c1-4-6-7-11(3)15(13,14)10-8-9(12)5-2/h9-10,12H,4-8H2,1-3H3. The molecule has 0 spiro atoms. The predicted octanol–water partition coefficient (Wildman–Crippen LogP) is 0.324. The lowest BCUT2D eigenvalue weighted by molar-refractivity contribution is 0.173. The maximum atomic E-state index is 11.6. The van der Waals surface area contributed by atoms with E-state index in [4.69, 9.17) is 0 Å². The summed E-state index contributed by atoms with van der Waals surface area (Å²) in [6.45, 7) is 4.40. The highest BCUT2D eigenvalue weighted by atomic mass is 32.2. The van der Waals surface area contributed by atoms with Gasteiger partial charge in [0, 0.05) is 20.1 Å². The Hall–Kier alpha value is -0.170. The average Bonchev–Trinajstić information content (AvgIpc) is 2.22. The van der Waals surface area contributed by atoms with Gasteiger partial charge in [-0.05, 0) is 12.8 Å². The maximum absolute atomic E-state index is 11.6. The molecule has 15 heavy (non-hydrogen) atoms. The predicted molar refractivity (Wildman–Crippen MR) is 60.8 cm³/mol. The van der Waals surface area contributed by atoms with Gasteiger partial charge < -0.3 is 5.11 Å². The molecular weight excluding hydrogens is 216 g/mol. The quantitative estimate of drug-likeness (QED) is 0.640. The molecule has 0 aromatic rings. The maximum Gasteiger partial charge on any atom is 0.279 e. The Morgan fingerprint density at radius 1 is 1.40 bits per heavy atom. The van der Waals surface area contributed by atoms with Crippen molar-refractivity contribution in [2.24, 2.45) is 0 Å². The highest BCUT2D eigenvalue weighted by molar-refractivity contribution is 7.87. The number of unbranched alkanes of at least 4 members (excludes halogenated alkanes) is 1. The summed E-state index contributed by atoms with van der Waals surface area (Å²) in [5.74, 6) is 0. The summed E-state index contributed by atoms with van der Waals surface area (Å²) in [4.78, 5) is 0. The van der Waals surface area contributed by atoms with Crippen molar-refractivity contribution in [2.45, 2.75) is 39.2 Å². The van der Waals surface area contributed by atoms with Crippen LogP contribution in [0.25, 0.3) is 0 Å². The van der Waals surface area contributed by atoms with E-state index in [1.807, 2.05) is 6.92 Å². The molecule has 0 aliphatic rings. The summed E-state index contributed by atoms with van der Waals surface area (Å²) in [7, 11) is -1.88. The molecule has 0 bridgehead atoms. The SMILES string of the molecule is CCCCN(C)S(=O)(=O)NCC(O)CC. The van der Waals surface area contributed by atoms with Crippen molar-refractivity contribution < 1.29 is 13.5 Å². The molecular formula is C9H22N2O3S. The van der Waals surface area contributed by atoms with E-state index in [1.165, 1.54) is 11.4 Å². The molecule has 1 atom stereocenters. The zero-order chi connectivity index (χ0) is 11.9. The molecule has 0 fully saturated rings. The van der Waals surface area contributed by atoms with Crippen molar-refractivity contribution in [3.05, 3.63) is 0 Å². The van der Waals surface area contributed by atoms with Gasteiger partial charge in [-0.3, -0.25) is 0 Å². The molecule has 0 saturated carbocycles. The second kappa shape index (κ2) is 7.16. The molecule has 92 valence electrons. The molecule has 2 N–H and O–H groups in total. The Balaban J connectivity index is 4.05. The number of nitrogens with zero attached hydrogens (tertiary/aromatic N) is 1. The summed E-state index contributed by atoms with van der Waals surface area (Å²) < 4.78 is 26.8. The van der Waals surface area contributed by atoms with Gasteiger partial charge in [-0.15, -0.1) is 0 Å². The van der Waals surface area contributed by atoms with Crippen LogP contribution < -0.4 is 4.72 Å². The Morgan fingerprint density at radius 3 is 2.47 bits per heavy atom. The number of aliphatic hydroxyl groups excluding tert-OH is 1. The van der Waals surface area contributed by atoms with Gasteiger partial charge in [-0.25, -0.2) is 0 Å². The van der Waals surface area contributed by atoms with E-state index in [0.717, 1.165) is 12.8 Å². The molecule has 0 amide bonds. The molecule has 0 aromatic carbocycles. The summed E-state index contributed by atoms with van der Waals surface area (Å²) in [5.41, 5.74) is 0. The van der Waals surface area contributed by atoms with Crippen LogP contribution in [-0.4, -0.2) is 44.1 Å². The van der Waals surface area contributed by atoms with Crippen LogP contribution in [0.4, 0.5) is 0 Å². The van der Waals surface area contributed by atoms with Crippen molar-refractivity contribution in [3.63, 3.8) is 0 Å². The number of hydrogen-bond donors (Lipinski definition) is 2. The zero-order valence-corrected chi connectivity index (χ0v) is 10.5. The Bertz CT molecular complexity index is 254. The Morgan fingerprint density at radius 2 is 2.00 bits per heavy atom. The van der Waals surface area contributed by atoms with Crippen LogP contribution in [0.2, 0.25) is 0 Å². The summed E-state index contributed by atoms with van der Waals surface area (Å²) in [5, 5.41) is 9.23. The molecule has 0 radical (unpaired) electrons. The molecule has 5 nitrogen and oxygen atoms in total. The molecule has 0 saturated heterocycles. The minimum absolute atomic E-state index is 0.0787. The third-order valence-electron chi connectivity index (χ3n) is 2.21. The lowest BCUT2D eigenvalue weighted by Crippen LogP contribution is -2.41. The first kappa shape index (κ1) is 14.8. The summed E-state index contributed by atoms with van der Waals surface area (Å²) in [6.07, 6.45) is 1.73. The fourth-order valence-electron chi connectivity index (χ4n) is 0.957. The first-order valence-electron chi connectivity index (χ1n) is 5.33. The van der Waals surface area contributed by atoms with Crippen LogP contribution in [0.15, 0.2) is 0 Å². The second-order valence-corrected chi connectivity index (χ2v) is 5.45. The fourth-order valence-corrected chi connectivity index (χ4v) is 1.95. The molecule has 1 unspecified atom stereocenters. The van der Waals surface area contributed by atoms with E-state index in [-0.39, 0.29) is 6.54 Å². The van der Waals surface area contributed by atoms with Gasteiger partial charge >= 0.3 is 0 Å². The van der Waals surface area contributed by atoms with Crippen LogP contribution in [0.5, 0.6) is 0 Å². The van der Waals surface area contributed by atoms with Gasteiger partial charge in [0.25, 0.3) is 10.2 Å². The minimum Gasteiger partial charge on any atom is -0.392 e. The zero-order valence-electron chi connectivity index (χ0n) is 9.73. The van der Waals surface area contributed by atoms with Crippen LogP contribution in [0, 0.1) is 0 Å². The smallest absolute Gasteiger partial charge is 0.279 e. The van der Waals surface area contributed by atoms with Crippen molar-refractivity contribution >= 4 is 10.2 Å². The van der Waals surface area contributed by atoms with Crippen LogP contribution in [0.3, 0.4) is 0 Å². The van der Waals surface area contributed by atoms with E-state index in [9.17, 15) is 13.5 Å². The minimum atomic E-state index is -3.41. The molecule has 0 aliphatic carbocycles. The summed E-state index contributed by atoms with van der Waals surface area (Å²) >= 11 is 0. The van der Waals surface area contributed by atoms with E-state index < -0.39 is 16.3 Å². The topological polar surface area (TPSA) is 69.6 Å². The molecule has 0 heterocycles. The van der Waals surface area contributed by atoms with Crippen molar-refractivity contribution in [3.8, 4) is 0 Å². The van der Waals surface area contributed by atoms with Crippen LogP contribution >= 0.6 is 0 Å². The number of aliphatic hydroxyl groups is 1.